The van der Waals surface area contributed by atoms with Crippen LogP contribution in [-0.2, 0) is 13.0 Å². The minimum absolute atomic E-state index is 0.0565. The number of para-hydroxylation sites is 1. The number of hydrogen-bond donors (Lipinski definition) is 1. The lowest BCUT2D eigenvalue weighted by atomic mass is 9.98. The molecule has 3 aromatic carbocycles. The van der Waals surface area contributed by atoms with Gasteiger partial charge in [0.05, 0.1) is 19.3 Å². The Kier molecular flexibility index (Phi) is 7.72. The Morgan fingerprint density at radius 1 is 0.974 bits per heavy atom. The first-order valence-electron chi connectivity index (χ1n) is 13.4. The minimum atomic E-state index is -0.0565. The number of nitrogens with one attached hydrogen (secondary N) is 1. The van der Waals surface area contributed by atoms with E-state index in [0.29, 0.717) is 18.1 Å². The molecule has 0 saturated carbocycles. The van der Waals surface area contributed by atoms with E-state index in [4.69, 9.17) is 4.74 Å². The van der Waals surface area contributed by atoms with E-state index < -0.39 is 0 Å². The van der Waals surface area contributed by atoms with Gasteiger partial charge in [-0.15, -0.1) is 10.2 Å². The number of benzene rings is 3. The van der Waals surface area contributed by atoms with Gasteiger partial charge in [-0.05, 0) is 52.3 Å². The number of imidazole rings is 1. The van der Waals surface area contributed by atoms with Crippen molar-refractivity contribution in [3.05, 3.63) is 100 Å². The van der Waals surface area contributed by atoms with Crippen molar-refractivity contribution < 1.29 is 4.74 Å². The summed E-state index contributed by atoms with van der Waals surface area (Å²) in [5.41, 5.74) is 6.91. The van der Waals surface area contributed by atoms with Gasteiger partial charge in [0, 0.05) is 17.5 Å². The van der Waals surface area contributed by atoms with Crippen molar-refractivity contribution in [2.45, 2.75) is 52.5 Å². The fourth-order valence-electron chi connectivity index (χ4n) is 5.02. The van der Waals surface area contributed by atoms with Crippen molar-refractivity contribution in [3.8, 4) is 34.0 Å². The normalized spacial score (nSPS) is 11.3. The van der Waals surface area contributed by atoms with E-state index in [1.165, 1.54) is 0 Å². The number of H-pyrrole nitrogens is 1. The molecule has 0 aliphatic rings. The average molecular weight is 523 g/mol. The summed E-state index contributed by atoms with van der Waals surface area (Å²) in [4.78, 5) is 13.9. The number of tetrazole rings is 1. The molecule has 2 heterocycles. The fraction of sp³-hybridized carbons (Fsp3) is 0.290. The van der Waals surface area contributed by atoms with E-state index in [9.17, 15) is 4.79 Å². The average Bonchev–Trinajstić information content (AvgIpc) is 3.61. The second-order valence-corrected chi connectivity index (χ2v) is 9.99. The molecule has 0 bridgehead atoms. The lowest BCUT2D eigenvalue weighted by molar-refractivity contribution is 0.411. The highest BCUT2D eigenvalue weighted by Gasteiger charge is 2.20. The Morgan fingerprint density at radius 3 is 2.41 bits per heavy atom. The van der Waals surface area contributed by atoms with Gasteiger partial charge in [-0.3, -0.25) is 9.13 Å². The standard InChI is InChI=1S/C31H34N6O2/c1-5-6-10-24-20-37(29-25(21(2)3)13-9-14-28(29)39-4)31(38)36(24)19-22-15-17-23(18-16-22)26-11-7-8-12-27(26)30-32-34-35-33-30/h7-9,11-18,20-21H,5-6,10,19H2,1-4H3,(H,32,33,34,35). The molecule has 0 radical (unpaired) electrons. The van der Waals surface area contributed by atoms with Crippen LogP contribution in [0.5, 0.6) is 5.75 Å². The molecule has 0 amide bonds. The zero-order valence-corrected chi connectivity index (χ0v) is 22.9. The Labute approximate surface area is 228 Å². The highest BCUT2D eigenvalue weighted by Crippen LogP contribution is 2.32. The van der Waals surface area contributed by atoms with Crippen LogP contribution in [0.4, 0.5) is 0 Å². The summed E-state index contributed by atoms with van der Waals surface area (Å²) < 4.78 is 9.37. The van der Waals surface area contributed by atoms with Crippen LogP contribution in [0, 0.1) is 0 Å². The molecular formula is C31H34N6O2. The molecule has 0 aliphatic carbocycles. The molecule has 0 atom stereocenters. The molecule has 0 aliphatic heterocycles. The van der Waals surface area contributed by atoms with Crippen LogP contribution in [0.25, 0.3) is 28.2 Å². The van der Waals surface area contributed by atoms with E-state index in [2.05, 4.69) is 71.7 Å². The largest absolute Gasteiger partial charge is 0.495 e. The molecule has 39 heavy (non-hydrogen) atoms. The van der Waals surface area contributed by atoms with E-state index >= 15 is 0 Å². The fourth-order valence-corrected chi connectivity index (χ4v) is 5.02. The molecule has 0 saturated heterocycles. The number of nitrogens with zero attached hydrogens (tertiary/aromatic N) is 5. The van der Waals surface area contributed by atoms with Gasteiger partial charge in [0.25, 0.3) is 0 Å². The van der Waals surface area contributed by atoms with Crippen molar-refractivity contribution in [2.75, 3.05) is 7.11 Å². The molecule has 5 aromatic rings. The molecule has 5 rings (SSSR count). The maximum absolute atomic E-state index is 13.9. The van der Waals surface area contributed by atoms with Gasteiger partial charge in [-0.2, -0.15) is 5.21 Å². The third-order valence-corrected chi connectivity index (χ3v) is 7.08. The number of unbranched alkanes of at least 4 members (excludes halogenated alkanes) is 1. The Hall–Kier alpha value is -4.46. The maximum Gasteiger partial charge on any atom is 0.333 e. The summed E-state index contributed by atoms with van der Waals surface area (Å²) >= 11 is 0. The lowest BCUT2D eigenvalue weighted by Crippen LogP contribution is -2.25. The Bertz CT molecular complexity index is 1600. The van der Waals surface area contributed by atoms with Crippen LogP contribution in [0.1, 0.15) is 56.4 Å². The van der Waals surface area contributed by atoms with Gasteiger partial charge in [0.1, 0.15) is 5.75 Å². The zero-order chi connectivity index (χ0) is 27.4. The molecule has 1 N–H and O–H groups in total. The first kappa shape index (κ1) is 26.2. The van der Waals surface area contributed by atoms with Crippen LogP contribution >= 0.6 is 0 Å². The third-order valence-electron chi connectivity index (χ3n) is 7.08. The van der Waals surface area contributed by atoms with Crippen LogP contribution in [-0.4, -0.2) is 36.9 Å². The second kappa shape index (κ2) is 11.5. The van der Waals surface area contributed by atoms with Crippen LogP contribution < -0.4 is 10.4 Å². The molecule has 2 aromatic heterocycles. The van der Waals surface area contributed by atoms with E-state index in [0.717, 1.165) is 58.5 Å². The highest BCUT2D eigenvalue weighted by molar-refractivity contribution is 5.80. The molecular weight excluding hydrogens is 488 g/mol. The number of aromatic amines is 1. The molecule has 8 nitrogen and oxygen atoms in total. The summed E-state index contributed by atoms with van der Waals surface area (Å²) in [7, 11) is 1.65. The summed E-state index contributed by atoms with van der Waals surface area (Å²) in [5, 5.41) is 14.5. The first-order valence-corrected chi connectivity index (χ1v) is 13.4. The van der Waals surface area contributed by atoms with Crippen LogP contribution in [0.15, 0.2) is 77.7 Å². The van der Waals surface area contributed by atoms with Crippen molar-refractivity contribution in [1.82, 2.24) is 29.8 Å². The van der Waals surface area contributed by atoms with E-state index in [1.807, 2.05) is 47.2 Å². The van der Waals surface area contributed by atoms with Crippen molar-refractivity contribution in [2.24, 2.45) is 0 Å². The molecule has 0 unspecified atom stereocenters. The molecule has 0 fully saturated rings. The summed E-state index contributed by atoms with van der Waals surface area (Å²) in [6, 6.07) is 22.3. The predicted molar refractivity (Wildman–Crippen MR) is 153 cm³/mol. The molecule has 8 heteroatoms. The Balaban J connectivity index is 1.52. The van der Waals surface area contributed by atoms with Gasteiger partial charge >= 0.3 is 5.69 Å². The number of rotatable bonds is 10. The summed E-state index contributed by atoms with van der Waals surface area (Å²) in [5.74, 6) is 1.50. The van der Waals surface area contributed by atoms with Gasteiger partial charge in [-0.25, -0.2) is 4.79 Å². The number of aryl methyl sites for hydroxylation is 1. The number of aromatic nitrogens is 6. The van der Waals surface area contributed by atoms with Crippen molar-refractivity contribution in [3.63, 3.8) is 0 Å². The first-order chi connectivity index (χ1) is 19.0. The van der Waals surface area contributed by atoms with Gasteiger partial charge in [-0.1, -0.05) is 87.9 Å². The zero-order valence-electron chi connectivity index (χ0n) is 22.9. The van der Waals surface area contributed by atoms with Gasteiger partial charge < -0.3 is 4.74 Å². The topological polar surface area (TPSA) is 90.6 Å². The maximum atomic E-state index is 13.9. The number of methoxy groups -OCH3 is 1. The van der Waals surface area contributed by atoms with E-state index in [1.54, 1.807) is 11.7 Å². The summed E-state index contributed by atoms with van der Waals surface area (Å²) in [6.07, 6.45) is 4.90. The second-order valence-electron chi connectivity index (χ2n) is 9.99. The SMILES string of the molecule is CCCCc1cn(-c2c(OC)cccc2C(C)C)c(=O)n1Cc1ccc(-c2ccccc2-c2nn[nH]n2)cc1. The quantitative estimate of drug-likeness (QED) is 0.243. The minimum Gasteiger partial charge on any atom is -0.495 e. The Morgan fingerprint density at radius 2 is 1.74 bits per heavy atom. The number of hydrogen-bond acceptors (Lipinski definition) is 5. The summed E-state index contributed by atoms with van der Waals surface area (Å²) in [6.45, 7) is 6.93. The van der Waals surface area contributed by atoms with Crippen molar-refractivity contribution in [1.29, 1.82) is 0 Å². The van der Waals surface area contributed by atoms with E-state index in [-0.39, 0.29) is 11.6 Å². The van der Waals surface area contributed by atoms with Crippen molar-refractivity contribution >= 4 is 0 Å². The van der Waals surface area contributed by atoms with Crippen LogP contribution in [0.2, 0.25) is 0 Å². The molecule has 200 valence electrons. The molecule has 0 spiro atoms. The van der Waals surface area contributed by atoms with Gasteiger partial charge in [0.15, 0.2) is 0 Å². The monoisotopic (exact) mass is 522 g/mol. The number of ether oxygens (including phenoxy) is 1. The van der Waals surface area contributed by atoms with Gasteiger partial charge in [0.2, 0.25) is 5.82 Å². The van der Waals surface area contributed by atoms with Crippen LogP contribution in [0.3, 0.4) is 0 Å². The smallest absolute Gasteiger partial charge is 0.333 e. The predicted octanol–water partition coefficient (Wildman–Crippen LogP) is 6.01. The lowest BCUT2D eigenvalue weighted by Gasteiger charge is -2.16. The third kappa shape index (κ3) is 5.27. The highest BCUT2D eigenvalue weighted by atomic mass is 16.5.